The number of pyridine rings is 1. The van der Waals surface area contributed by atoms with Gasteiger partial charge in [-0.15, -0.1) is 0 Å². The molecule has 1 aromatic rings. The van der Waals surface area contributed by atoms with Crippen molar-refractivity contribution in [2.75, 3.05) is 26.2 Å². The van der Waals surface area contributed by atoms with Crippen molar-refractivity contribution in [2.45, 2.75) is 44.0 Å². The summed E-state index contributed by atoms with van der Waals surface area (Å²) in [5, 5.41) is 6.24. The lowest BCUT2D eigenvalue weighted by Gasteiger charge is -2.32. The van der Waals surface area contributed by atoms with E-state index in [1.165, 1.54) is 0 Å². The van der Waals surface area contributed by atoms with Crippen LogP contribution in [-0.4, -0.2) is 49.0 Å². The van der Waals surface area contributed by atoms with Gasteiger partial charge in [-0.1, -0.05) is 6.07 Å². The number of carbonyl (C=O) groups is 1. The molecule has 2 N–H and O–H groups in total. The Morgan fingerprint density at radius 3 is 3.08 bits per heavy atom. The predicted molar refractivity (Wildman–Crippen MR) is 95.8 cm³/mol. The van der Waals surface area contributed by atoms with Crippen LogP contribution in [0.2, 0.25) is 0 Å². The van der Waals surface area contributed by atoms with Crippen molar-refractivity contribution in [3.8, 4) is 0 Å². The smallest absolute Gasteiger partial charge is 0.243 e. The molecular formula is C19H27N3O3. The number of carbonyl (C=O) groups excluding carboxylic acids is 1. The molecule has 1 aromatic heterocycles. The van der Waals surface area contributed by atoms with Gasteiger partial charge in [-0.25, -0.2) is 0 Å². The van der Waals surface area contributed by atoms with E-state index in [0.29, 0.717) is 13.2 Å². The molecule has 2 fully saturated rings. The lowest BCUT2D eigenvalue weighted by atomic mass is 10.1. The van der Waals surface area contributed by atoms with Crippen molar-refractivity contribution in [1.82, 2.24) is 15.6 Å². The van der Waals surface area contributed by atoms with E-state index in [1.54, 1.807) is 24.5 Å². The van der Waals surface area contributed by atoms with Crippen molar-refractivity contribution < 1.29 is 14.3 Å². The average molecular weight is 345 g/mol. The summed E-state index contributed by atoms with van der Waals surface area (Å²) in [6.45, 7) is 3.30. The first-order chi connectivity index (χ1) is 12.3. The molecule has 1 atom stereocenters. The van der Waals surface area contributed by atoms with E-state index in [4.69, 9.17) is 9.47 Å². The Morgan fingerprint density at radius 2 is 2.28 bits per heavy atom. The molecule has 0 saturated carbocycles. The summed E-state index contributed by atoms with van der Waals surface area (Å²) >= 11 is 0. The Labute approximate surface area is 149 Å². The molecular weight excluding hydrogens is 318 g/mol. The van der Waals surface area contributed by atoms with E-state index in [9.17, 15) is 4.79 Å². The zero-order valence-corrected chi connectivity index (χ0v) is 14.6. The number of nitrogens with zero attached hydrogens (tertiary/aromatic N) is 1. The molecule has 0 aromatic carbocycles. The van der Waals surface area contributed by atoms with Crippen LogP contribution in [0.15, 0.2) is 30.6 Å². The van der Waals surface area contributed by atoms with Gasteiger partial charge in [0.25, 0.3) is 0 Å². The average Bonchev–Trinajstić information content (AvgIpc) is 3.03. The highest BCUT2D eigenvalue weighted by Gasteiger charge is 2.41. The summed E-state index contributed by atoms with van der Waals surface area (Å²) in [4.78, 5) is 15.8. The van der Waals surface area contributed by atoms with Crippen LogP contribution < -0.4 is 10.6 Å². The van der Waals surface area contributed by atoms with Crippen molar-refractivity contribution >= 4 is 12.0 Å². The number of unbranched alkanes of at least 4 members (excludes halogenated alkanes) is 1. The molecule has 136 valence electrons. The van der Waals surface area contributed by atoms with Gasteiger partial charge in [0.05, 0.1) is 12.7 Å². The predicted octanol–water partition coefficient (Wildman–Crippen LogP) is 1.88. The molecule has 0 radical (unpaired) electrons. The lowest BCUT2D eigenvalue weighted by molar-refractivity contribution is -0.183. The van der Waals surface area contributed by atoms with E-state index >= 15 is 0 Å². The summed E-state index contributed by atoms with van der Waals surface area (Å²) in [7, 11) is 0. The molecule has 1 spiro atoms. The highest BCUT2D eigenvalue weighted by Crippen LogP contribution is 2.33. The molecule has 6 heteroatoms. The minimum atomic E-state index is -0.332. The SMILES string of the molecule is O=C(C=Cc1cccnc1)NCCCCC1COC2(CCNCC2)O1. The van der Waals surface area contributed by atoms with E-state index in [1.807, 2.05) is 12.1 Å². The third-order valence-corrected chi connectivity index (χ3v) is 4.64. The van der Waals surface area contributed by atoms with Crippen molar-refractivity contribution in [1.29, 1.82) is 0 Å². The lowest BCUT2D eigenvalue weighted by Crippen LogP contribution is -2.43. The molecule has 1 amide bonds. The van der Waals surface area contributed by atoms with Crippen LogP contribution in [0.1, 0.15) is 37.7 Å². The summed E-state index contributed by atoms with van der Waals surface area (Å²) < 4.78 is 12.1. The molecule has 0 aliphatic carbocycles. The Balaban J connectivity index is 1.26. The van der Waals surface area contributed by atoms with Gasteiger partial charge >= 0.3 is 0 Å². The van der Waals surface area contributed by atoms with Gasteiger partial charge in [0.1, 0.15) is 0 Å². The van der Waals surface area contributed by atoms with E-state index in [0.717, 1.165) is 50.8 Å². The zero-order chi connectivity index (χ0) is 17.4. The minimum Gasteiger partial charge on any atom is -0.353 e. The maximum atomic E-state index is 11.8. The maximum absolute atomic E-state index is 11.8. The third-order valence-electron chi connectivity index (χ3n) is 4.64. The Bertz CT molecular complexity index is 571. The molecule has 6 nitrogen and oxygen atoms in total. The fourth-order valence-corrected chi connectivity index (χ4v) is 3.24. The molecule has 2 aliphatic rings. The minimum absolute atomic E-state index is 0.0713. The van der Waals surface area contributed by atoms with Crippen LogP contribution in [0.25, 0.3) is 6.08 Å². The first kappa shape index (κ1) is 18.0. The molecule has 1 unspecified atom stereocenters. The molecule has 2 saturated heterocycles. The van der Waals surface area contributed by atoms with Gasteiger partial charge in [-0.2, -0.15) is 0 Å². The summed E-state index contributed by atoms with van der Waals surface area (Å²) in [6, 6.07) is 3.76. The van der Waals surface area contributed by atoms with Crippen LogP contribution in [0.4, 0.5) is 0 Å². The highest BCUT2D eigenvalue weighted by atomic mass is 16.7. The van der Waals surface area contributed by atoms with Crippen LogP contribution in [-0.2, 0) is 14.3 Å². The summed E-state index contributed by atoms with van der Waals surface area (Å²) in [5.74, 6) is -0.403. The number of ether oxygens (including phenoxy) is 2. The van der Waals surface area contributed by atoms with Crippen LogP contribution in [0.3, 0.4) is 0 Å². The van der Waals surface area contributed by atoms with Crippen LogP contribution >= 0.6 is 0 Å². The van der Waals surface area contributed by atoms with E-state index in [2.05, 4.69) is 15.6 Å². The molecule has 2 aliphatic heterocycles. The third kappa shape index (κ3) is 5.63. The van der Waals surface area contributed by atoms with Gasteiger partial charge in [0, 0.05) is 50.9 Å². The van der Waals surface area contributed by atoms with Crippen molar-refractivity contribution in [3.63, 3.8) is 0 Å². The normalized spacial score (nSPS) is 22.5. The zero-order valence-electron chi connectivity index (χ0n) is 14.6. The van der Waals surface area contributed by atoms with Crippen molar-refractivity contribution in [2.24, 2.45) is 0 Å². The molecule has 3 heterocycles. The highest BCUT2D eigenvalue weighted by molar-refractivity contribution is 5.91. The number of hydrogen-bond acceptors (Lipinski definition) is 5. The van der Waals surface area contributed by atoms with Gasteiger partial charge in [-0.3, -0.25) is 9.78 Å². The number of nitrogens with one attached hydrogen (secondary N) is 2. The number of aromatic nitrogens is 1. The summed E-state index contributed by atoms with van der Waals surface area (Å²) in [5.41, 5.74) is 0.919. The number of piperidine rings is 1. The van der Waals surface area contributed by atoms with E-state index < -0.39 is 0 Å². The largest absolute Gasteiger partial charge is 0.353 e. The Kier molecular flexibility index (Phi) is 6.55. The Hall–Kier alpha value is -1.76. The first-order valence-electron chi connectivity index (χ1n) is 9.14. The fraction of sp³-hybridized carbons (Fsp3) is 0.579. The van der Waals surface area contributed by atoms with Crippen molar-refractivity contribution in [3.05, 3.63) is 36.2 Å². The van der Waals surface area contributed by atoms with Gasteiger partial charge in [0.15, 0.2) is 5.79 Å². The second kappa shape index (κ2) is 9.08. The quantitative estimate of drug-likeness (QED) is 0.583. The first-order valence-corrected chi connectivity index (χ1v) is 9.14. The Morgan fingerprint density at radius 1 is 1.40 bits per heavy atom. The van der Waals surface area contributed by atoms with Gasteiger partial charge in [-0.05, 0) is 37.0 Å². The summed E-state index contributed by atoms with van der Waals surface area (Å²) in [6.07, 6.45) is 11.8. The van der Waals surface area contributed by atoms with Crippen LogP contribution in [0, 0.1) is 0 Å². The molecule has 3 rings (SSSR count). The fourth-order valence-electron chi connectivity index (χ4n) is 3.24. The van der Waals surface area contributed by atoms with Gasteiger partial charge in [0.2, 0.25) is 5.91 Å². The van der Waals surface area contributed by atoms with Crippen LogP contribution in [0.5, 0.6) is 0 Å². The standard InChI is InChI=1S/C19H27N3O3/c23-18(7-6-16-4-3-10-21-14-16)22-11-2-1-5-17-15-24-19(25-17)8-12-20-13-9-19/h3-4,6-7,10,14,17,20H,1-2,5,8-9,11-13,15H2,(H,22,23). The molecule has 0 bridgehead atoms. The number of hydrogen-bond donors (Lipinski definition) is 2. The number of rotatable bonds is 7. The topological polar surface area (TPSA) is 72.5 Å². The second-order valence-corrected chi connectivity index (χ2v) is 6.62. The molecule has 25 heavy (non-hydrogen) atoms. The maximum Gasteiger partial charge on any atom is 0.243 e. The monoisotopic (exact) mass is 345 g/mol. The van der Waals surface area contributed by atoms with Gasteiger partial charge < -0.3 is 20.1 Å². The second-order valence-electron chi connectivity index (χ2n) is 6.62. The number of amides is 1. The van der Waals surface area contributed by atoms with E-state index in [-0.39, 0.29) is 17.8 Å².